The molecule has 2 aliphatic rings. The van der Waals surface area contributed by atoms with Crippen molar-refractivity contribution >= 4 is 21.4 Å². The van der Waals surface area contributed by atoms with Crippen molar-refractivity contribution in [3.05, 3.63) is 99.4 Å². The third-order valence-electron chi connectivity index (χ3n) is 7.07. The molecule has 0 N–H and O–H groups in total. The van der Waals surface area contributed by atoms with Gasteiger partial charge in [-0.2, -0.15) is 4.31 Å². The Hall–Kier alpha value is -2.41. The number of thiophene rings is 1. The van der Waals surface area contributed by atoms with Crippen LogP contribution in [0, 0.1) is 6.92 Å². The molecule has 0 spiro atoms. The van der Waals surface area contributed by atoms with Crippen molar-refractivity contribution in [1.29, 1.82) is 0 Å². The van der Waals surface area contributed by atoms with Crippen molar-refractivity contribution in [1.82, 2.24) is 4.31 Å². The SMILES string of the molecule is CCOC1=C2CCC(c3cccs3)CC2N(S(=O)(=O)c2ccc(C)cc2)C(c2ccccc2)C1. The predicted molar refractivity (Wildman–Crippen MR) is 137 cm³/mol. The number of benzene rings is 2. The van der Waals surface area contributed by atoms with Crippen molar-refractivity contribution in [3.63, 3.8) is 0 Å². The standard InChI is InChI=1S/C28H31NO3S2/c1-3-32-27-19-25(21-8-5-4-6-9-21)29(34(30,31)23-14-11-20(2)12-15-23)26-18-22(13-16-24(26)27)28-10-7-17-33-28/h4-12,14-15,17,22,25-26H,3,13,16,18-19H2,1-2H3. The van der Waals surface area contributed by atoms with Crippen LogP contribution in [0.3, 0.4) is 0 Å². The normalized spacial score (nSPS) is 23.5. The summed E-state index contributed by atoms with van der Waals surface area (Å²) in [6.45, 7) is 4.57. The van der Waals surface area contributed by atoms with Gasteiger partial charge in [-0.05, 0) is 73.7 Å². The zero-order valence-corrected chi connectivity index (χ0v) is 21.3. The summed E-state index contributed by atoms with van der Waals surface area (Å²) >= 11 is 1.77. The van der Waals surface area contributed by atoms with Crippen molar-refractivity contribution in [3.8, 4) is 0 Å². The van der Waals surface area contributed by atoms with Crippen LogP contribution in [-0.4, -0.2) is 25.4 Å². The molecule has 34 heavy (non-hydrogen) atoms. The van der Waals surface area contributed by atoms with Crippen LogP contribution in [0.1, 0.15) is 60.6 Å². The van der Waals surface area contributed by atoms with E-state index in [0.717, 1.165) is 41.7 Å². The van der Waals surface area contributed by atoms with Crippen LogP contribution in [0.15, 0.2) is 88.3 Å². The molecule has 6 heteroatoms. The van der Waals surface area contributed by atoms with E-state index in [-0.39, 0.29) is 12.1 Å². The van der Waals surface area contributed by atoms with Gasteiger partial charge < -0.3 is 4.74 Å². The molecule has 3 unspecified atom stereocenters. The fraction of sp³-hybridized carbons (Fsp3) is 0.357. The minimum absolute atomic E-state index is 0.215. The van der Waals surface area contributed by atoms with Gasteiger partial charge in [-0.25, -0.2) is 8.42 Å². The first kappa shape index (κ1) is 23.3. The van der Waals surface area contributed by atoms with Gasteiger partial charge >= 0.3 is 0 Å². The highest BCUT2D eigenvalue weighted by Crippen LogP contribution is 2.49. The van der Waals surface area contributed by atoms with Crippen LogP contribution >= 0.6 is 11.3 Å². The molecular weight excluding hydrogens is 462 g/mol. The summed E-state index contributed by atoms with van der Waals surface area (Å²) in [5.74, 6) is 1.34. The molecule has 1 fully saturated rings. The van der Waals surface area contributed by atoms with E-state index in [2.05, 4.69) is 17.5 Å². The second-order valence-corrected chi connectivity index (χ2v) is 12.0. The quantitative estimate of drug-likeness (QED) is 0.379. The average molecular weight is 494 g/mol. The van der Waals surface area contributed by atoms with Gasteiger partial charge in [0.15, 0.2) is 0 Å². The molecule has 178 valence electrons. The van der Waals surface area contributed by atoms with E-state index < -0.39 is 10.0 Å². The molecule has 0 saturated heterocycles. The second kappa shape index (κ2) is 9.68. The van der Waals surface area contributed by atoms with Crippen molar-refractivity contribution in [2.45, 2.75) is 62.4 Å². The minimum Gasteiger partial charge on any atom is -0.498 e. The lowest BCUT2D eigenvalue weighted by atomic mass is 9.77. The summed E-state index contributed by atoms with van der Waals surface area (Å²) < 4.78 is 36.5. The van der Waals surface area contributed by atoms with E-state index in [0.29, 0.717) is 23.8 Å². The van der Waals surface area contributed by atoms with Gasteiger partial charge in [0, 0.05) is 11.3 Å². The molecule has 1 saturated carbocycles. The number of nitrogens with zero attached hydrogens (tertiary/aromatic N) is 1. The van der Waals surface area contributed by atoms with E-state index in [9.17, 15) is 8.42 Å². The molecule has 2 heterocycles. The molecule has 5 rings (SSSR count). The van der Waals surface area contributed by atoms with E-state index >= 15 is 0 Å². The Labute approximate surface area is 206 Å². The molecular formula is C28H31NO3S2. The highest BCUT2D eigenvalue weighted by Gasteiger charge is 2.47. The van der Waals surface area contributed by atoms with E-state index in [1.165, 1.54) is 4.88 Å². The van der Waals surface area contributed by atoms with Gasteiger partial charge in [-0.15, -0.1) is 11.3 Å². The number of hydrogen-bond donors (Lipinski definition) is 0. The first-order valence-corrected chi connectivity index (χ1v) is 14.3. The average Bonchev–Trinajstić information content (AvgIpc) is 3.39. The van der Waals surface area contributed by atoms with Gasteiger partial charge in [-0.3, -0.25) is 0 Å². The zero-order valence-electron chi connectivity index (χ0n) is 19.7. The smallest absolute Gasteiger partial charge is 0.244 e. The Balaban J connectivity index is 1.65. The van der Waals surface area contributed by atoms with Crippen LogP contribution in [0.25, 0.3) is 0 Å². The van der Waals surface area contributed by atoms with Gasteiger partial charge in [0.1, 0.15) is 0 Å². The maximum absolute atomic E-state index is 14.3. The van der Waals surface area contributed by atoms with Crippen molar-refractivity contribution in [2.75, 3.05) is 6.61 Å². The Morgan fingerprint density at radius 1 is 1.00 bits per heavy atom. The molecule has 0 amide bonds. The molecule has 1 aliphatic heterocycles. The molecule has 1 aliphatic carbocycles. The number of fused-ring (bicyclic) bond motifs is 1. The number of aryl methyl sites for hydroxylation is 1. The largest absolute Gasteiger partial charge is 0.498 e. The molecule has 4 nitrogen and oxygen atoms in total. The number of hydrogen-bond acceptors (Lipinski definition) is 4. The highest BCUT2D eigenvalue weighted by atomic mass is 32.2. The fourth-order valence-electron chi connectivity index (χ4n) is 5.44. The van der Waals surface area contributed by atoms with Crippen LogP contribution in [0.4, 0.5) is 0 Å². The molecule has 0 bridgehead atoms. The maximum Gasteiger partial charge on any atom is 0.244 e. The Morgan fingerprint density at radius 2 is 1.76 bits per heavy atom. The Bertz CT molecular complexity index is 1250. The topological polar surface area (TPSA) is 46.6 Å². The molecule has 2 aromatic carbocycles. The summed E-state index contributed by atoms with van der Waals surface area (Å²) in [5.41, 5.74) is 3.22. The molecule has 0 radical (unpaired) electrons. The van der Waals surface area contributed by atoms with Gasteiger partial charge in [0.05, 0.1) is 29.3 Å². The molecule has 3 atom stereocenters. The lowest BCUT2D eigenvalue weighted by Crippen LogP contribution is -2.49. The third kappa shape index (κ3) is 4.35. The summed E-state index contributed by atoms with van der Waals surface area (Å²) in [5, 5.41) is 2.11. The summed E-state index contributed by atoms with van der Waals surface area (Å²) in [4.78, 5) is 1.70. The van der Waals surface area contributed by atoms with Crippen LogP contribution in [0.5, 0.6) is 0 Å². The van der Waals surface area contributed by atoms with E-state index in [1.54, 1.807) is 23.5 Å². The first-order valence-electron chi connectivity index (χ1n) is 12.0. The summed E-state index contributed by atoms with van der Waals surface area (Å²) in [6, 6.07) is 21.0. The molecule has 1 aromatic heterocycles. The Morgan fingerprint density at radius 3 is 2.44 bits per heavy atom. The lowest BCUT2D eigenvalue weighted by Gasteiger charge is -2.46. The highest BCUT2D eigenvalue weighted by molar-refractivity contribution is 7.89. The summed E-state index contributed by atoms with van der Waals surface area (Å²) in [6.07, 6.45) is 3.24. The molecule has 3 aromatic rings. The Kier molecular flexibility index (Phi) is 6.65. The fourth-order valence-corrected chi connectivity index (χ4v) is 8.12. The van der Waals surface area contributed by atoms with Crippen molar-refractivity contribution in [2.24, 2.45) is 0 Å². The van der Waals surface area contributed by atoms with Gasteiger partial charge in [-0.1, -0.05) is 54.1 Å². The predicted octanol–water partition coefficient (Wildman–Crippen LogP) is 6.82. The summed E-state index contributed by atoms with van der Waals surface area (Å²) in [7, 11) is -3.73. The van der Waals surface area contributed by atoms with Gasteiger partial charge in [0.25, 0.3) is 0 Å². The number of rotatable bonds is 6. The first-order chi connectivity index (χ1) is 16.5. The van der Waals surface area contributed by atoms with E-state index in [1.807, 2.05) is 60.6 Å². The second-order valence-electron chi connectivity index (χ2n) is 9.16. The number of sulfonamides is 1. The van der Waals surface area contributed by atoms with Crippen LogP contribution < -0.4 is 0 Å². The zero-order chi connectivity index (χ0) is 23.7. The van der Waals surface area contributed by atoms with Crippen LogP contribution in [0.2, 0.25) is 0 Å². The lowest BCUT2D eigenvalue weighted by molar-refractivity contribution is 0.138. The monoisotopic (exact) mass is 493 g/mol. The third-order valence-corrected chi connectivity index (χ3v) is 10.0. The number of ether oxygens (including phenoxy) is 1. The van der Waals surface area contributed by atoms with Crippen LogP contribution in [-0.2, 0) is 14.8 Å². The van der Waals surface area contributed by atoms with E-state index in [4.69, 9.17) is 4.74 Å². The van der Waals surface area contributed by atoms with Crippen molar-refractivity contribution < 1.29 is 13.2 Å². The maximum atomic E-state index is 14.3. The minimum atomic E-state index is -3.73. The van der Waals surface area contributed by atoms with Gasteiger partial charge in [0.2, 0.25) is 10.0 Å².